The molecule has 5 heteroatoms. The van der Waals surface area contributed by atoms with E-state index in [1.807, 2.05) is 12.1 Å². The van der Waals surface area contributed by atoms with Crippen molar-refractivity contribution < 1.29 is 9.52 Å². The number of nitrogens with zero attached hydrogens (tertiary/aromatic N) is 1. The van der Waals surface area contributed by atoms with Gasteiger partial charge in [-0.1, -0.05) is 27.7 Å². The molecule has 0 saturated heterocycles. The van der Waals surface area contributed by atoms with Crippen LogP contribution in [0, 0.1) is 17.8 Å². The van der Waals surface area contributed by atoms with Gasteiger partial charge in [-0.15, -0.1) is 0 Å². The van der Waals surface area contributed by atoms with Gasteiger partial charge in [0, 0.05) is 32.7 Å². The van der Waals surface area contributed by atoms with Gasteiger partial charge in [-0.2, -0.15) is 0 Å². The molecule has 1 atom stereocenters. The summed E-state index contributed by atoms with van der Waals surface area (Å²) < 4.78 is 5.36. The van der Waals surface area contributed by atoms with Crippen LogP contribution in [-0.4, -0.2) is 37.3 Å². The summed E-state index contributed by atoms with van der Waals surface area (Å²) in [5.41, 5.74) is 0. The third-order valence-electron chi connectivity index (χ3n) is 3.76. The van der Waals surface area contributed by atoms with Crippen molar-refractivity contribution in [3.05, 3.63) is 24.2 Å². The molecule has 1 aromatic rings. The van der Waals surface area contributed by atoms with Gasteiger partial charge >= 0.3 is 0 Å². The van der Waals surface area contributed by atoms with Crippen molar-refractivity contribution in [1.82, 2.24) is 10.6 Å². The standard InChI is InChI=1S/C19H35N3O2/c1-15(2)12-17(8-10-23)14-22-19(21-13-16(3)4)20-9-7-18-6-5-11-24-18/h5-6,11,15-17,23H,7-10,12-14H2,1-4H3,(H2,20,21,22). The lowest BCUT2D eigenvalue weighted by Gasteiger charge is -2.20. The SMILES string of the molecule is CC(C)CN=C(NCCc1ccco1)NCC(CCO)CC(C)C. The molecule has 0 radical (unpaired) electrons. The molecule has 24 heavy (non-hydrogen) atoms. The summed E-state index contributed by atoms with van der Waals surface area (Å²) in [6.07, 6.45) is 4.47. The summed E-state index contributed by atoms with van der Waals surface area (Å²) in [5.74, 6) is 3.45. The van der Waals surface area contributed by atoms with Crippen LogP contribution in [0.1, 0.15) is 46.3 Å². The average molecular weight is 338 g/mol. The predicted octanol–water partition coefficient (Wildman–Crippen LogP) is 3.06. The molecule has 5 nitrogen and oxygen atoms in total. The zero-order valence-corrected chi connectivity index (χ0v) is 15.7. The highest BCUT2D eigenvalue weighted by atomic mass is 16.3. The second-order valence-electron chi connectivity index (χ2n) is 7.23. The Morgan fingerprint density at radius 3 is 2.58 bits per heavy atom. The third-order valence-corrected chi connectivity index (χ3v) is 3.76. The molecule has 0 fully saturated rings. The largest absolute Gasteiger partial charge is 0.469 e. The second-order valence-corrected chi connectivity index (χ2v) is 7.23. The van der Waals surface area contributed by atoms with Gasteiger partial charge in [-0.05, 0) is 42.7 Å². The van der Waals surface area contributed by atoms with E-state index in [0.29, 0.717) is 17.8 Å². The normalized spacial score (nSPS) is 13.5. The zero-order chi connectivity index (χ0) is 17.8. The fraction of sp³-hybridized carbons (Fsp3) is 0.737. The quantitative estimate of drug-likeness (QED) is 0.429. The molecule has 0 aliphatic rings. The van der Waals surface area contributed by atoms with Crippen molar-refractivity contribution in [3.8, 4) is 0 Å². The van der Waals surface area contributed by atoms with Crippen LogP contribution in [0.3, 0.4) is 0 Å². The molecule has 0 spiro atoms. The van der Waals surface area contributed by atoms with Crippen molar-refractivity contribution >= 4 is 5.96 Å². The molecule has 1 unspecified atom stereocenters. The maximum atomic E-state index is 9.25. The Balaban J connectivity index is 2.48. The van der Waals surface area contributed by atoms with Gasteiger partial charge in [0.15, 0.2) is 5.96 Å². The van der Waals surface area contributed by atoms with E-state index in [0.717, 1.165) is 50.6 Å². The van der Waals surface area contributed by atoms with Crippen LogP contribution in [0.5, 0.6) is 0 Å². The number of rotatable bonds is 11. The molecular weight excluding hydrogens is 302 g/mol. The lowest BCUT2D eigenvalue weighted by atomic mass is 9.94. The fourth-order valence-electron chi connectivity index (χ4n) is 2.60. The van der Waals surface area contributed by atoms with Crippen LogP contribution >= 0.6 is 0 Å². The summed E-state index contributed by atoms with van der Waals surface area (Å²) in [4.78, 5) is 4.65. The molecule has 0 amide bonds. The van der Waals surface area contributed by atoms with Crippen LogP contribution < -0.4 is 10.6 Å². The second kappa shape index (κ2) is 12.0. The van der Waals surface area contributed by atoms with E-state index in [-0.39, 0.29) is 6.61 Å². The first kappa shape index (κ1) is 20.6. The highest BCUT2D eigenvalue weighted by molar-refractivity contribution is 5.79. The number of hydrogen-bond acceptors (Lipinski definition) is 3. The molecule has 1 rings (SSSR count). The number of aliphatic imine (C=N–C) groups is 1. The monoisotopic (exact) mass is 337 g/mol. The number of guanidine groups is 1. The minimum absolute atomic E-state index is 0.240. The van der Waals surface area contributed by atoms with Gasteiger partial charge in [0.05, 0.1) is 6.26 Å². The number of furan rings is 1. The molecule has 0 bridgehead atoms. The lowest BCUT2D eigenvalue weighted by Crippen LogP contribution is -2.41. The Labute approximate surface area is 146 Å². The molecule has 0 aromatic carbocycles. The van der Waals surface area contributed by atoms with Crippen LogP contribution in [-0.2, 0) is 6.42 Å². The number of aliphatic hydroxyl groups excluding tert-OH is 1. The van der Waals surface area contributed by atoms with Gasteiger partial charge in [-0.25, -0.2) is 0 Å². The minimum Gasteiger partial charge on any atom is -0.469 e. The maximum Gasteiger partial charge on any atom is 0.191 e. The van der Waals surface area contributed by atoms with Gasteiger partial charge in [0.25, 0.3) is 0 Å². The van der Waals surface area contributed by atoms with Gasteiger partial charge in [0.2, 0.25) is 0 Å². The van der Waals surface area contributed by atoms with Gasteiger partial charge in [-0.3, -0.25) is 4.99 Å². The third kappa shape index (κ3) is 9.60. The summed E-state index contributed by atoms with van der Waals surface area (Å²) in [5, 5.41) is 16.1. The zero-order valence-electron chi connectivity index (χ0n) is 15.7. The van der Waals surface area contributed by atoms with E-state index in [2.05, 4.69) is 43.3 Å². The van der Waals surface area contributed by atoms with E-state index < -0.39 is 0 Å². The van der Waals surface area contributed by atoms with Crippen molar-refractivity contribution in [3.63, 3.8) is 0 Å². The van der Waals surface area contributed by atoms with Crippen molar-refractivity contribution in [2.75, 3.05) is 26.2 Å². The van der Waals surface area contributed by atoms with Crippen molar-refractivity contribution in [2.45, 2.75) is 47.0 Å². The molecule has 138 valence electrons. The molecule has 3 N–H and O–H groups in total. The predicted molar refractivity (Wildman–Crippen MR) is 100 cm³/mol. The fourth-order valence-corrected chi connectivity index (χ4v) is 2.60. The first-order valence-corrected chi connectivity index (χ1v) is 9.16. The molecular formula is C19H35N3O2. The Morgan fingerprint density at radius 2 is 2.00 bits per heavy atom. The van der Waals surface area contributed by atoms with Crippen molar-refractivity contribution in [1.29, 1.82) is 0 Å². The molecule has 0 aliphatic heterocycles. The van der Waals surface area contributed by atoms with E-state index in [9.17, 15) is 5.11 Å². The number of aliphatic hydroxyl groups is 1. The smallest absolute Gasteiger partial charge is 0.191 e. The first-order valence-electron chi connectivity index (χ1n) is 9.16. The van der Waals surface area contributed by atoms with E-state index >= 15 is 0 Å². The average Bonchev–Trinajstić information content (AvgIpc) is 3.02. The Bertz CT molecular complexity index is 441. The summed E-state index contributed by atoms with van der Waals surface area (Å²) in [7, 11) is 0. The molecule has 1 aromatic heterocycles. The van der Waals surface area contributed by atoms with Crippen molar-refractivity contribution in [2.24, 2.45) is 22.7 Å². The minimum atomic E-state index is 0.240. The van der Waals surface area contributed by atoms with Crippen LogP contribution in [0.25, 0.3) is 0 Å². The highest BCUT2D eigenvalue weighted by Gasteiger charge is 2.11. The van der Waals surface area contributed by atoms with E-state index in [1.165, 1.54) is 0 Å². The first-order chi connectivity index (χ1) is 11.5. The lowest BCUT2D eigenvalue weighted by molar-refractivity contribution is 0.243. The van der Waals surface area contributed by atoms with Crippen LogP contribution in [0.2, 0.25) is 0 Å². The van der Waals surface area contributed by atoms with Gasteiger partial charge in [0.1, 0.15) is 5.76 Å². The van der Waals surface area contributed by atoms with Crippen LogP contribution in [0.4, 0.5) is 0 Å². The van der Waals surface area contributed by atoms with Crippen LogP contribution in [0.15, 0.2) is 27.8 Å². The Morgan fingerprint density at radius 1 is 1.21 bits per heavy atom. The van der Waals surface area contributed by atoms with E-state index in [4.69, 9.17) is 4.42 Å². The summed E-state index contributed by atoms with van der Waals surface area (Å²) >= 11 is 0. The maximum absolute atomic E-state index is 9.25. The number of nitrogens with one attached hydrogen (secondary N) is 2. The molecule has 0 saturated carbocycles. The highest BCUT2D eigenvalue weighted by Crippen LogP contribution is 2.14. The topological polar surface area (TPSA) is 69.8 Å². The Hall–Kier alpha value is -1.49. The number of hydrogen-bond donors (Lipinski definition) is 3. The summed E-state index contributed by atoms with van der Waals surface area (Å²) in [6.45, 7) is 11.4. The Kier molecular flexibility index (Phi) is 10.2. The van der Waals surface area contributed by atoms with E-state index in [1.54, 1.807) is 6.26 Å². The molecule has 0 aliphatic carbocycles. The molecule has 1 heterocycles. The van der Waals surface area contributed by atoms with Gasteiger partial charge < -0.3 is 20.2 Å². The summed E-state index contributed by atoms with van der Waals surface area (Å²) in [6, 6.07) is 3.90.